The number of ketones is 2. The lowest BCUT2D eigenvalue weighted by atomic mass is 9.51. The molecule has 3 saturated carbocycles. The Hall–Kier alpha value is -2.93. The first-order valence-corrected chi connectivity index (χ1v) is 15.4. The highest BCUT2D eigenvalue weighted by Gasteiger charge is 2.72. The molecule has 3 fully saturated rings. The number of esters is 1. The molecular formula is C30H38N2O9S. The van der Waals surface area contributed by atoms with Crippen LogP contribution < -0.4 is 5.73 Å². The van der Waals surface area contributed by atoms with Crippen LogP contribution in [0.1, 0.15) is 56.1 Å². The largest absolute Gasteiger partial charge is 0.507 e. The van der Waals surface area contributed by atoms with E-state index in [4.69, 9.17) is 10.5 Å². The molecule has 5 rings (SSSR count). The minimum atomic E-state index is -2.96. The van der Waals surface area contributed by atoms with E-state index in [9.17, 15) is 39.6 Å². The van der Waals surface area contributed by atoms with Gasteiger partial charge in [0.05, 0.1) is 17.6 Å². The van der Waals surface area contributed by atoms with Crippen molar-refractivity contribution in [3.05, 3.63) is 34.9 Å². The first kappa shape index (κ1) is 30.5. The Kier molecular flexibility index (Phi) is 8.21. The van der Waals surface area contributed by atoms with E-state index in [1.807, 2.05) is 0 Å². The number of thioether (sulfide) groups is 1. The standard InChI is InChI=1S/C30H38N2O9S/c1-4-17(34)41-26-19-15(12-42-13-8-5-6-9-13)14-10-7-11-16(33)18(14)24(35)20(19)27(37)30(40)22(26)23(32(2)3)25(36)21(28(30)38)29(31)39/h7,10-11,13,15,19,21-23,25-26,33,35-36,40H,4-6,8-9,12H2,1-3H3,(H2,31,39)/t15-,19+,21?,22+,23-,25?,26-,30-/m0/s1. The molecule has 0 aromatic heterocycles. The molecule has 4 aliphatic carbocycles. The van der Waals surface area contributed by atoms with Gasteiger partial charge in [-0.2, -0.15) is 11.8 Å². The number of benzene rings is 1. The summed E-state index contributed by atoms with van der Waals surface area (Å²) in [5, 5.41) is 46.3. The first-order chi connectivity index (χ1) is 19.9. The average molecular weight is 603 g/mol. The highest BCUT2D eigenvalue weighted by Crippen LogP contribution is 2.57. The summed E-state index contributed by atoms with van der Waals surface area (Å²) >= 11 is 1.70. The Morgan fingerprint density at radius 2 is 1.83 bits per heavy atom. The molecule has 8 atom stereocenters. The molecule has 0 heterocycles. The van der Waals surface area contributed by atoms with Gasteiger partial charge in [0.2, 0.25) is 11.7 Å². The predicted octanol–water partition coefficient (Wildman–Crippen LogP) is 1.28. The SMILES string of the molecule is CCC(=O)O[C@H]1[C@H]2C(=C(O)c3c(O)cccc3[C@@H]2CSC2CCCC2)C(=O)[C@]2(O)C(=O)C(C(N)=O)C(O)[C@@H](N(C)C)[C@H]12. The van der Waals surface area contributed by atoms with E-state index < -0.39 is 76.7 Å². The molecule has 12 heteroatoms. The average Bonchev–Trinajstić information content (AvgIpc) is 3.45. The summed E-state index contributed by atoms with van der Waals surface area (Å²) in [7, 11) is 3.10. The monoisotopic (exact) mass is 602 g/mol. The van der Waals surface area contributed by atoms with Gasteiger partial charge in [0, 0.05) is 40.9 Å². The molecule has 0 saturated heterocycles. The van der Waals surface area contributed by atoms with E-state index >= 15 is 0 Å². The van der Waals surface area contributed by atoms with Crippen molar-refractivity contribution in [3.63, 3.8) is 0 Å². The van der Waals surface area contributed by atoms with Gasteiger partial charge in [-0.05, 0) is 38.6 Å². The lowest BCUT2D eigenvalue weighted by Crippen LogP contribution is -2.77. The normalized spacial score (nSPS) is 34.7. The fourth-order valence-electron chi connectivity index (χ4n) is 7.60. The Labute approximate surface area is 248 Å². The second-order valence-corrected chi connectivity index (χ2v) is 13.3. The van der Waals surface area contributed by atoms with Gasteiger partial charge < -0.3 is 35.8 Å². The van der Waals surface area contributed by atoms with E-state index in [-0.39, 0.29) is 23.3 Å². The summed E-state index contributed by atoms with van der Waals surface area (Å²) < 4.78 is 5.99. The molecular weight excluding hydrogens is 564 g/mol. The zero-order chi connectivity index (χ0) is 30.7. The first-order valence-electron chi connectivity index (χ1n) is 14.4. The summed E-state index contributed by atoms with van der Waals surface area (Å²) in [6.07, 6.45) is 1.13. The number of aromatic hydroxyl groups is 1. The minimum absolute atomic E-state index is 0.00986. The maximum Gasteiger partial charge on any atom is 0.305 e. The molecule has 1 aromatic rings. The van der Waals surface area contributed by atoms with Gasteiger partial charge in [-0.1, -0.05) is 31.9 Å². The summed E-state index contributed by atoms with van der Waals surface area (Å²) in [6, 6.07) is 3.52. The van der Waals surface area contributed by atoms with Gasteiger partial charge in [0.1, 0.15) is 23.5 Å². The Bertz CT molecular complexity index is 1340. The number of nitrogens with zero attached hydrogens (tertiary/aromatic N) is 1. The fraction of sp³-hybridized carbons (Fsp3) is 0.600. The molecule has 0 bridgehead atoms. The van der Waals surface area contributed by atoms with Crippen LogP contribution in [0, 0.1) is 17.8 Å². The Morgan fingerprint density at radius 3 is 2.43 bits per heavy atom. The van der Waals surface area contributed by atoms with Crippen molar-refractivity contribution in [2.75, 3.05) is 19.8 Å². The van der Waals surface area contributed by atoms with Crippen molar-refractivity contribution >= 4 is 41.0 Å². The van der Waals surface area contributed by atoms with Gasteiger partial charge in [0.15, 0.2) is 11.4 Å². The lowest BCUT2D eigenvalue weighted by molar-refractivity contribution is -0.206. The molecule has 0 radical (unpaired) electrons. The number of hydrogen-bond donors (Lipinski definition) is 5. The van der Waals surface area contributed by atoms with Crippen molar-refractivity contribution in [3.8, 4) is 5.75 Å². The molecule has 228 valence electrons. The number of fused-ring (bicyclic) bond motifs is 3. The number of primary amides is 1. The summed E-state index contributed by atoms with van der Waals surface area (Å²) in [4.78, 5) is 55.1. The van der Waals surface area contributed by atoms with E-state index in [1.165, 1.54) is 11.0 Å². The number of carbonyl (C=O) groups is 4. The van der Waals surface area contributed by atoms with Crippen molar-refractivity contribution in [2.45, 2.75) is 74.0 Å². The second kappa shape index (κ2) is 11.3. The van der Waals surface area contributed by atoms with Crippen LogP contribution in [-0.2, 0) is 23.9 Å². The third-order valence-corrected chi connectivity index (χ3v) is 11.0. The van der Waals surface area contributed by atoms with Crippen molar-refractivity contribution in [1.82, 2.24) is 4.90 Å². The number of hydrogen-bond acceptors (Lipinski definition) is 11. The molecule has 1 amide bonds. The van der Waals surface area contributed by atoms with E-state index in [0.717, 1.165) is 25.7 Å². The predicted molar refractivity (Wildman–Crippen MR) is 153 cm³/mol. The molecule has 6 N–H and O–H groups in total. The smallest absolute Gasteiger partial charge is 0.305 e. The minimum Gasteiger partial charge on any atom is -0.507 e. The number of likely N-dealkylation sites (N-methyl/N-ethyl adjacent to an activating group) is 1. The zero-order valence-electron chi connectivity index (χ0n) is 23.9. The Morgan fingerprint density at radius 1 is 1.17 bits per heavy atom. The zero-order valence-corrected chi connectivity index (χ0v) is 24.7. The molecule has 2 unspecified atom stereocenters. The fourth-order valence-corrected chi connectivity index (χ4v) is 9.13. The molecule has 4 aliphatic rings. The van der Waals surface area contributed by atoms with Gasteiger partial charge in [-0.3, -0.25) is 19.2 Å². The number of carbonyl (C=O) groups excluding carboxylic acids is 4. The van der Waals surface area contributed by atoms with Crippen LogP contribution in [0.4, 0.5) is 0 Å². The second-order valence-electron chi connectivity index (χ2n) is 12.0. The number of rotatable bonds is 7. The number of ether oxygens (including phenoxy) is 1. The highest BCUT2D eigenvalue weighted by atomic mass is 32.2. The number of amides is 1. The lowest BCUT2D eigenvalue weighted by Gasteiger charge is -2.57. The van der Waals surface area contributed by atoms with Gasteiger partial charge in [-0.25, -0.2) is 0 Å². The van der Waals surface area contributed by atoms with Gasteiger partial charge in [-0.15, -0.1) is 0 Å². The highest BCUT2D eigenvalue weighted by molar-refractivity contribution is 7.99. The molecule has 42 heavy (non-hydrogen) atoms. The van der Waals surface area contributed by atoms with E-state index in [0.29, 0.717) is 16.6 Å². The van der Waals surface area contributed by atoms with E-state index in [1.54, 1.807) is 44.9 Å². The Balaban J connectivity index is 1.77. The third kappa shape index (κ3) is 4.54. The quantitative estimate of drug-likeness (QED) is 0.223. The van der Waals surface area contributed by atoms with Crippen LogP contribution in [0.15, 0.2) is 23.8 Å². The third-order valence-electron chi connectivity index (χ3n) is 9.50. The van der Waals surface area contributed by atoms with Gasteiger partial charge >= 0.3 is 5.97 Å². The number of phenols is 1. The van der Waals surface area contributed by atoms with Crippen molar-refractivity contribution < 1.29 is 44.3 Å². The molecule has 11 nitrogen and oxygen atoms in total. The van der Waals surface area contributed by atoms with Crippen LogP contribution in [0.3, 0.4) is 0 Å². The molecule has 0 spiro atoms. The summed E-state index contributed by atoms with van der Waals surface area (Å²) in [5.41, 5.74) is 2.74. The van der Waals surface area contributed by atoms with Crippen LogP contribution in [0.25, 0.3) is 5.76 Å². The van der Waals surface area contributed by atoms with Gasteiger partial charge in [0.25, 0.3) is 0 Å². The number of phenolic OH excluding ortho intramolecular Hbond substituents is 1. The topological polar surface area (TPSA) is 188 Å². The van der Waals surface area contributed by atoms with Crippen molar-refractivity contribution in [2.24, 2.45) is 23.5 Å². The molecule has 1 aromatic carbocycles. The van der Waals surface area contributed by atoms with Crippen LogP contribution in [0.2, 0.25) is 0 Å². The maximum atomic E-state index is 14.4. The summed E-state index contributed by atoms with van der Waals surface area (Å²) in [6.45, 7) is 1.58. The van der Waals surface area contributed by atoms with Crippen LogP contribution in [-0.4, -0.2) is 97.7 Å². The number of aliphatic hydroxyl groups is 3. The number of Topliss-reactive ketones (excluding diaryl/α,β-unsaturated/α-hetero) is 2. The number of aliphatic hydroxyl groups excluding tert-OH is 2. The van der Waals surface area contributed by atoms with Crippen molar-refractivity contribution in [1.29, 1.82) is 0 Å². The number of nitrogens with two attached hydrogens (primary N) is 1. The van der Waals surface area contributed by atoms with E-state index in [2.05, 4.69) is 0 Å². The summed E-state index contributed by atoms with van der Waals surface area (Å²) in [5.74, 6) is -9.85. The van der Waals surface area contributed by atoms with Crippen LogP contribution >= 0.6 is 11.8 Å². The maximum absolute atomic E-state index is 14.4. The van der Waals surface area contributed by atoms with Crippen LogP contribution in [0.5, 0.6) is 5.75 Å². The molecule has 0 aliphatic heterocycles.